The predicted octanol–water partition coefficient (Wildman–Crippen LogP) is 5.60. The number of benzene rings is 3. The van der Waals surface area contributed by atoms with Gasteiger partial charge in [-0.1, -0.05) is 54.2 Å². The number of methoxy groups -OCH3 is 1. The number of esters is 1. The van der Waals surface area contributed by atoms with Crippen molar-refractivity contribution in [2.75, 3.05) is 7.11 Å². The summed E-state index contributed by atoms with van der Waals surface area (Å²) in [6, 6.07) is 24.3. The lowest BCUT2D eigenvalue weighted by Crippen LogP contribution is -2.00. The van der Waals surface area contributed by atoms with E-state index in [2.05, 4.69) is 49.4 Å². The highest BCUT2D eigenvalue weighted by molar-refractivity contribution is 7.99. The van der Waals surface area contributed by atoms with E-state index < -0.39 is 0 Å². The Balaban J connectivity index is 1.91. The van der Waals surface area contributed by atoms with E-state index in [4.69, 9.17) is 4.74 Å². The predicted molar refractivity (Wildman–Crippen MR) is 98.5 cm³/mol. The van der Waals surface area contributed by atoms with Crippen molar-refractivity contribution in [3.05, 3.63) is 83.9 Å². The summed E-state index contributed by atoms with van der Waals surface area (Å²) in [5, 5.41) is 0. The molecule has 0 aliphatic heterocycles. The van der Waals surface area contributed by atoms with E-state index in [-0.39, 0.29) is 5.97 Å². The number of hydrogen-bond donors (Lipinski definition) is 0. The molecule has 0 atom stereocenters. The maximum Gasteiger partial charge on any atom is 0.337 e. The molecule has 3 aromatic carbocycles. The third kappa shape index (κ3) is 3.52. The van der Waals surface area contributed by atoms with Crippen LogP contribution in [0, 0.1) is 6.92 Å². The van der Waals surface area contributed by atoms with Gasteiger partial charge in [0.1, 0.15) is 0 Å². The van der Waals surface area contributed by atoms with Gasteiger partial charge in [-0.2, -0.15) is 0 Å². The fourth-order valence-corrected chi connectivity index (χ4v) is 3.52. The van der Waals surface area contributed by atoms with Crippen LogP contribution in [0.25, 0.3) is 11.1 Å². The van der Waals surface area contributed by atoms with Crippen LogP contribution in [-0.2, 0) is 4.74 Å². The number of ether oxygens (including phenoxy) is 1. The van der Waals surface area contributed by atoms with Gasteiger partial charge in [-0.05, 0) is 53.9 Å². The fourth-order valence-electron chi connectivity index (χ4n) is 2.56. The molecule has 0 spiro atoms. The maximum absolute atomic E-state index is 11.5. The molecule has 0 bridgehead atoms. The van der Waals surface area contributed by atoms with E-state index in [9.17, 15) is 4.79 Å². The zero-order valence-electron chi connectivity index (χ0n) is 13.7. The molecule has 120 valence electrons. The van der Waals surface area contributed by atoms with Crippen LogP contribution in [0.4, 0.5) is 0 Å². The highest BCUT2D eigenvalue weighted by Crippen LogP contribution is 2.37. The lowest BCUT2D eigenvalue weighted by molar-refractivity contribution is 0.0600. The number of carbonyl (C=O) groups excluding carboxylic acids is 1. The van der Waals surface area contributed by atoms with Crippen molar-refractivity contribution < 1.29 is 9.53 Å². The van der Waals surface area contributed by atoms with Gasteiger partial charge >= 0.3 is 5.97 Å². The molecule has 0 heterocycles. The summed E-state index contributed by atoms with van der Waals surface area (Å²) in [7, 11) is 1.39. The first-order valence-corrected chi connectivity index (χ1v) is 8.52. The summed E-state index contributed by atoms with van der Waals surface area (Å²) in [4.78, 5) is 13.8. The van der Waals surface area contributed by atoms with Crippen LogP contribution in [0.5, 0.6) is 0 Å². The standard InChI is InChI=1S/C21H18O2S/c1-15-7-3-4-8-18(15)19-9-5-6-10-20(19)24-17-13-11-16(12-14-17)21(22)23-2/h3-14H,1-2H3. The minimum atomic E-state index is -0.313. The van der Waals surface area contributed by atoms with Crippen molar-refractivity contribution in [1.29, 1.82) is 0 Å². The van der Waals surface area contributed by atoms with E-state index >= 15 is 0 Å². The third-order valence-corrected chi connectivity index (χ3v) is 4.91. The van der Waals surface area contributed by atoms with Gasteiger partial charge in [-0.3, -0.25) is 0 Å². The van der Waals surface area contributed by atoms with Crippen molar-refractivity contribution in [2.45, 2.75) is 16.7 Å². The summed E-state index contributed by atoms with van der Waals surface area (Å²) in [6.07, 6.45) is 0. The SMILES string of the molecule is COC(=O)c1ccc(Sc2ccccc2-c2ccccc2C)cc1. The first-order valence-electron chi connectivity index (χ1n) is 7.70. The highest BCUT2D eigenvalue weighted by atomic mass is 32.2. The zero-order valence-corrected chi connectivity index (χ0v) is 14.5. The van der Waals surface area contributed by atoms with Gasteiger partial charge < -0.3 is 4.74 Å². The maximum atomic E-state index is 11.5. The van der Waals surface area contributed by atoms with Crippen molar-refractivity contribution in [3.63, 3.8) is 0 Å². The molecule has 0 aliphatic carbocycles. The summed E-state index contributed by atoms with van der Waals surface area (Å²) < 4.78 is 4.74. The van der Waals surface area contributed by atoms with E-state index in [0.717, 1.165) is 4.90 Å². The number of rotatable bonds is 4. The minimum absolute atomic E-state index is 0.313. The van der Waals surface area contributed by atoms with Crippen LogP contribution < -0.4 is 0 Å². The molecule has 3 rings (SSSR count). The second-order valence-electron chi connectivity index (χ2n) is 5.43. The summed E-state index contributed by atoms with van der Waals surface area (Å²) in [5.41, 5.74) is 4.28. The smallest absolute Gasteiger partial charge is 0.337 e. The lowest BCUT2D eigenvalue weighted by atomic mass is 10.0. The molecule has 3 aromatic rings. The van der Waals surface area contributed by atoms with Gasteiger partial charge in [0, 0.05) is 9.79 Å². The Morgan fingerprint density at radius 1 is 0.833 bits per heavy atom. The Morgan fingerprint density at radius 3 is 2.12 bits per heavy atom. The van der Waals surface area contributed by atoms with Crippen molar-refractivity contribution in [1.82, 2.24) is 0 Å². The first kappa shape index (κ1) is 16.3. The van der Waals surface area contributed by atoms with Crippen molar-refractivity contribution >= 4 is 17.7 Å². The summed E-state index contributed by atoms with van der Waals surface area (Å²) >= 11 is 1.69. The van der Waals surface area contributed by atoms with Gasteiger partial charge in [0.15, 0.2) is 0 Å². The van der Waals surface area contributed by atoms with E-state index in [0.29, 0.717) is 5.56 Å². The van der Waals surface area contributed by atoms with Crippen LogP contribution in [0.2, 0.25) is 0 Å². The van der Waals surface area contributed by atoms with E-state index in [1.807, 2.05) is 18.2 Å². The van der Waals surface area contributed by atoms with Gasteiger partial charge in [-0.15, -0.1) is 0 Å². The Labute approximate surface area is 146 Å². The molecule has 0 aromatic heterocycles. The third-order valence-electron chi connectivity index (χ3n) is 3.83. The second kappa shape index (κ2) is 7.37. The van der Waals surface area contributed by atoms with Gasteiger partial charge in [0.05, 0.1) is 12.7 Å². The lowest BCUT2D eigenvalue weighted by Gasteiger charge is -2.12. The number of carbonyl (C=O) groups is 1. The fraction of sp³-hybridized carbons (Fsp3) is 0.0952. The molecule has 0 amide bonds. The molecule has 0 radical (unpaired) electrons. The Morgan fingerprint density at radius 2 is 1.46 bits per heavy atom. The van der Waals surface area contributed by atoms with E-state index in [1.165, 1.54) is 28.7 Å². The molecule has 0 fully saturated rings. The number of aryl methyl sites for hydroxylation is 1. The Kier molecular flexibility index (Phi) is 5.02. The van der Waals surface area contributed by atoms with E-state index in [1.54, 1.807) is 23.9 Å². The molecule has 0 saturated heterocycles. The largest absolute Gasteiger partial charge is 0.465 e. The molecule has 0 N–H and O–H groups in total. The van der Waals surface area contributed by atoms with Crippen molar-refractivity contribution in [2.24, 2.45) is 0 Å². The molecular weight excluding hydrogens is 316 g/mol. The average molecular weight is 334 g/mol. The van der Waals surface area contributed by atoms with Crippen LogP contribution in [0.1, 0.15) is 15.9 Å². The summed E-state index contributed by atoms with van der Waals surface area (Å²) in [6.45, 7) is 2.13. The molecule has 0 unspecified atom stereocenters. The molecule has 0 aliphatic rings. The first-order chi connectivity index (χ1) is 11.7. The van der Waals surface area contributed by atoms with Crippen LogP contribution in [0.15, 0.2) is 82.6 Å². The summed E-state index contributed by atoms with van der Waals surface area (Å²) in [5.74, 6) is -0.313. The minimum Gasteiger partial charge on any atom is -0.465 e. The number of hydrogen-bond acceptors (Lipinski definition) is 3. The average Bonchev–Trinajstić information content (AvgIpc) is 2.63. The molecule has 2 nitrogen and oxygen atoms in total. The normalized spacial score (nSPS) is 10.4. The topological polar surface area (TPSA) is 26.3 Å². The Bertz CT molecular complexity index is 854. The second-order valence-corrected chi connectivity index (χ2v) is 6.54. The van der Waals surface area contributed by atoms with Crippen molar-refractivity contribution in [3.8, 4) is 11.1 Å². The van der Waals surface area contributed by atoms with Crippen LogP contribution in [-0.4, -0.2) is 13.1 Å². The molecule has 3 heteroatoms. The van der Waals surface area contributed by atoms with Crippen LogP contribution >= 0.6 is 11.8 Å². The quantitative estimate of drug-likeness (QED) is 0.581. The van der Waals surface area contributed by atoms with Gasteiger partial charge in [0.25, 0.3) is 0 Å². The molecule has 0 saturated carbocycles. The highest BCUT2D eigenvalue weighted by Gasteiger charge is 2.09. The van der Waals surface area contributed by atoms with Crippen LogP contribution in [0.3, 0.4) is 0 Å². The molecular formula is C21H18O2S. The monoisotopic (exact) mass is 334 g/mol. The zero-order chi connectivity index (χ0) is 16.9. The van der Waals surface area contributed by atoms with Gasteiger partial charge in [0.2, 0.25) is 0 Å². The molecule has 24 heavy (non-hydrogen) atoms. The Hall–Kier alpha value is -2.52. The van der Waals surface area contributed by atoms with Gasteiger partial charge in [-0.25, -0.2) is 4.79 Å².